The standard InChI is InChI=1S/C17H21FN2O2/c18-15-8-4-7-14(11-15)17(22)20-12-16(21)19-10-9-13-5-2-1-3-6-13/h4-5,7-8,11H,1-3,6,9-10,12H2,(H,19,21)(H,20,22). The molecular weight excluding hydrogens is 283 g/mol. The maximum absolute atomic E-state index is 13.0. The number of allylic oxidation sites excluding steroid dienone is 1. The molecular formula is C17H21FN2O2. The number of carbonyl (C=O) groups excluding carboxylic acids is 2. The van der Waals surface area contributed by atoms with E-state index in [1.807, 2.05) is 0 Å². The summed E-state index contributed by atoms with van der Waals surface area (Å²) in [5.74, 6) is -1.16. The summed E-state index contributed by atoms with van der Waals surface area (Å²) < 4.78 is 13.0. The molecule has 2 N–H and O–H groups in total. The van der Waals surface area contributed by atoms with Crippen LogP contribution in [0.3, 0.4) is 0 Å². The Morgan fingerprint density at radius 1 is 1.18 bits per heavy atom. The van der Waals surface area contributed by atoms with Crippen LogP contribution in [-0.4, -0.2) is 24.9 Å². The van der Waals surface area contributed by atoms with Crippen molar-refractivity contribution in [2.45, 2.75) is 32.1 Å². The molecule has 118 valence electrons. The first-order valence-corrected chi connectivity index (χ1v) is 7.63. The maximum atomic E-state index is 13.0. The summed E-state index contributed by atoms with van der Waals surface area (Å²) in [4.78, 5) is 23.4. The number of halogens is 1. The van der Waals surface area contributed by atoms with E-state index in [4.69, 9.17) is 0 Å². The van der Waals surface area contributed by atoms with Crippen LogP contribution in [0.1, 0.15) is 42.5 Å². The number of rotatable bonds is 6. The average Bonchev–Trinajstić information content (AvgIpc) is 2.53. The number of benzene rings is 1. The normalized spacial score (nSPS) is 14.1. The monoisotopic (exact) mass is 304 g/mol. The minimum atomic E-state index is -0.474. The van der Waals surface area contributed by atoms with Crippen molar-refractivity contribution >= 4 is 11.8 Å². The van der Waals surface area contributed by atoms with Gasteiger partial charge >= 0.3 is 0 Å². The zero-order chi connectivity index (χ0) is 15.8. The first kappa shape index (κ1) is 16.2. The Bertz CT molecular complexity index is 570. The van der Waals surface area contributed by atoms with Crippen molar-refractivity contribution < 1.29 is 14.0 Å². The lowest BCUT2D eigenvalue weighted by atomic mass is 9.97. The smallest absolute Gasteiger partial charge is 0.251 e. The van der Waals surface area contributed by atoms with E-state index in [1.165, 1.54) is 36.6 Å². The molecule has 1 aliphatic carbocycles. The molecule has 1 aromatic rings. The summed E-state index contributed by atoms with van der Waals surface area (Å²) in [6.45, 7) is 0.481. The van der Waals surface area contributed by atoms with Crippen LogP contribution in [0.5, 0.6) is 0 Å². The fraction of sp³-hybridized carbons (Fsp3) is 0.412. The van der Waals surface area contributed by atoms with Crippen molar-refractivity contribution in [1.82, 2.24) is 10.6 Å². The Morgan fingerprint density at radius 3 is 2.77 bits per heavy atom. The Hall–Kier alpha value is -2.17. The molecule has 0 aromatic heterocycles. The van der Waals surface area contributed by atoms with Crippen LogP contribution < -0.4 is 10.6 Å². The van der Waals surface area contributed by atoms with Crippen molar-refractivity contribution in [3.05, 3.63) is 47.3 Å². The molecule has 0 atom stereocenters. The van der Waals surface area contributed by atoms with E-state index in [1.54, 1.807) is 0 Å². The summed E-state index contributed by atoms with van der Waals surface area (Å²) >= 11 is 0. The third-order valence-electron chi connectivity index (χ3n) is 3.65. The largest absolute Gasteiger partial charge is 0.354 e. The van der Waals surface area contributed by atoms with Gasteiger partial charge in [-0.05, 0) is 50.3 Å². The van der Waals surface area contributed by atoms with E-state index in [0.717, 1.165) is 25.3 Å². The van der Waals surface area contributed by atoms with Gasteiger partial charge in [0.25, 0.3) is 5.91 Å². The second kappa shape index (κ2) is 8.32. The Kier molecular flexibility index (Phi) is 6.13. The topological polar surface area (TPSA) is 58.2 Å². The number of hydrogen-bond donors (Lipinski definition) is 2. The number of carbonyl (C=O) groups is 2. The minimum Gasteiger partial charge on any atom is -0.354 e. The van der Waals surface area contributed by atoms with Gasteiger partial charge in [-0.3, -0.25) is 9.59 Å². The van der Waals surface area contributed by atoms with Crippen LogP contribution in [0.25, 0.3) is 0 Å². The fourth-order valence-corrected chi connectivity index (χ4v) is 2.45. The highest BCUT2D eigenvalue weighted by atomic mass is 19.1. The van der Waals surface area contributed by atoms with Crippen LogP contribution in [0, 0.1) is 5.82 Å². The van der Waals surface area contributed by atoms with Gasteiger partial charge in [-0.1, -0.05) is 17.7 Å². The van der Waals surface area contributed by atoms with Crippen molar-refractivity contribution in [2.24, 2.45) is 0 Å². The third-order valence-corrected chi connectivity index (χ3v) is 3.65. The van der Waals surface area contributed by atoms with Gasteiger partial charge < -0.3 is 10.6 Å². The first-order chi connectivity index (χ1) is 10.6. The highest BCUT2D eigenvalue weighted by Crippen LogP contribution is 2.19. The number of hydrogen-bond acceptors (Lipinski definition) is 2. The molecule has 22 heavy (non-hydrogen) atoms. The molecule has 1 aromatic carbocycles. The minimum absolute atomic E-state index is 0.103. The zero-order valence-corrected chi connectivity index (χ0v) is 12.5. The first-order valence-electron chi connectivity index (χ1n) is 7.63. The highest BCUT2D eigenvalue weighted by molar-refractivity contribution is 5.96. The molecule has 0 saturated carbocycles. The Morgan fingerprint density at radius 2 is 2.05 bits per heavy atom. The van der Waals surface area contributed by atoms with E-state index in [-0.39, 0.29) is 18.0 Å². The second-order valence-electron chi connectivity index (χ2n) is 5.40. The molecule has 2 amide bonds. The number of amides is 2. The average molecular weight is 304 g/mol. The van der Waals surface area contributed by atoms with Crippen molar-refractivity contribution in [2.75, 3.05) is 13.1 Å². The molecule has 0 bridgehead atoms. The van der Waals surface area contributed by atoms with Crippen LogP contribution in [0.15, 0.2) is 35.9 Å². The van der Waals surface area contributed by atoms with Crippen molar-refractivity contribution in [3.63, 3.8) is 0 Å². The summed E-state index contributed by atoms with van der Waals surface area (Å²) in [5.41, 5.74) is 1.61. The second-order valence-corrected chi connectivity index (χ2v) is 5.40. The molecule has 0 aliphatic heterocycles. The molecule has 2 rings (SSSR count). The quantitative estimate of drug-likeness (QED) is 0.794. The summed E-state index contributed by atoms with van der Waals surface area (Å²) in [6.07, 6.45) is 7.84. The molecule has 0 saturated heterocycles. The highest BCUT2D eigenvalue weighted by Gasteiger charge is 2.09. The van der Waals surface area contributed by atoms with Gasteiger partial charge in [0, 0.05) is 12.1 Å². The molecule has 5 heteroatoms. The van der Waals surface area contributed by atoms with E-state index < -0.39 is 11.7 Å². The van der Waals surface area contributed by atoms with Gasteiger partial charge in [-0.25, -0.2) is 4.39 Å². The van der Waals surface area contributed by atoms with E-state index in [9.17, 15) is 14.0 Å². The van der Waals surface area contributed by atoms with Crippen molar-refractivity contribution in [1.29, 1.82) is 0 Å². The lowest BCUT2D eigenvalue weighted by Gasteiger charge is -2.13. The van der Waals surface area contributed by atoms with Gasteiger partial charge in [-0.2, -0.15) is 0 Å². The molecule has 0 spiro atoms. The molecule has 0 fully saturated rings. The zero-order valence-electron chi connectivity index (χ0n) is 12.5. The van der Waals surface area contributed by atoms with Gasteiger partial charge in [0.15, 0.2) is 0 Å². The van der Waals surface area contributed by atoms with Gasteiger partial charge in [0.1, 0.15) is 5.82 Å². The molecule has 1 aliphatic rings. The van der Waals surface area contributed by atoms with Gasteiger partial charge in [0.05, 0.1) is 6.54 Å². The summed E-state index contributed by atoms with van der Waals surface area (Å²) in [5, 5.41) is 5.26. The maximum Gasteiger partial charge on any atom is 0.251 e. The summed E-state index contributed by atoms with van der Waals surface area (Å²) in [7, 11) is 0. The van der Waals surface area contributed by atoms with Crippen LogP contribution in [0.2, 0.25) is 0 Å². The molecule has 4 nitrogen and oxygen atoms in total. The lowest BCUT2D eigenvalue weighted by Crippen LogP contribution is -2.37. The van der Waals surface area contributed by atoms with Gasteiger partial charge in [-0.15, -0.1) is 0 Å². The summed E-state index contributed by atoms with van der Waals surface area (Å²) in [6, 6.07) is 5.38. The molecule has 0 unspecified atom stereocenters. The van der Waals surface area contributed by atoms with Crippen LogP contribution in [0.4, 0.5) is 4.39 Å². The SMILES string of the molecule is O=C(CNC(=O)c1cccc(F)c1)NCCC1=CCCCC1. The molecule has 0 heterocycles. The fourth-order valence-electron chi connectivity index (χ4n) is 2.45. The predicted molar refractivity (Wildman–Crippen MR) is 82.9 cm³/mol. The van der Waals surface area contributed by atoms with Crippen LogP contribution >= 0.6 is 0 Å². The predicted octanol–water partition coefficient (Wildman–Crippen LogP) is 2.56. The lowest BCUT2D eigenvalue weighted by molar-refractivity contribution is -0.120. The Labute approximate surface area is 129 Å². The van der Waals surface area contributed by atoms with Crippen molar-refractivity contribution in [3.8, 4) is 0 Å². The van der Waals surface area contributed by atoms with E-state index in [2.05, 4.69) is 16.7 Å². The van der Waals surface area contributed by atoms with E-state index in [0.29, 0.717) is 6.54 Å². The van der Waals surface area contributed by atoms with Gasteiger partial charge in [0.2, 0.25) is 5.91 Å². The van der Waals surface area contributed by atoms with Crippen LogP contribution in [-0.2, 0) is 4.79 Å². The molecule has 0 radical (unpaired) electrons. The third kappa shape index (κ3) is 5.31. The number of nitrogens with one attached hydrogen (secondary N) is 2. The Balaban J connectivity index is 1.67. The van der Waals surface area contributed by atoms with E-state index >= 15 is 0 Å².